The van der Waals surface area contributed by atoms with Gasteiger partial charge < -0.3 is 10.6 Å². The largest absolute Gasteiger partial charge is 0.477 e. The van der Waals surface area contributed by atoms with Gasteiger partial charge in [0.1, 0.15) is 5.56 Å². The van der Waals surface area contributed by atoms with Crippen molar-refractivity contribution in [1.82, 2.24) is 0 Å². The second-order valence-electron chi connectivity index (χ2n) is 2.58. The number of nitro benzene ring substituents is 1. The van der Waals surface area contributed by atoms with Crippen LogP contribution in [0.25, 0.3) is 0 Å². The molecular formula is C8H9NO5. The summed E-state index contributed by atoms with van der Waals surface area (Å²) in [5.74, 6) is -1.29. The molecule has 0 saturated heterocycles. The first-order chi connectivity index (χ1) is 6.02. The van der Waals surface area contributed by atoms with E-state index in [1.54, 1.807) is 6.92 Å². The first-order valence-corrected chi connectivity index (χ1v) is 3.50. The van der Waals surface area contributed by atoms with Gasteiger partial charge in [-0.1, -0.05) is 6.07 Å². The molecule has 14 heavy (non-hydrogen) atoms. The summed E-state index contributed by atoms with van der Waals surface area (Å²) in [6.07, 6.45) is 0. The molecule has 0 radical (unpaired) electrons. The smallest absolute Gasteiger partial charge is 0.342 e. The normalized spacial score (nSPS) is 8.93. The molecule has 0 aliphatic rings. The Balaban J connectivity index is 0.00000169. The van der Waals surface area contributed by atoms with Crippen LogP contribution >= 0.6 is 0 Å². The van der Waals surface area contributed by atoms with Crippen molar-refractivity contribution in [2.75, 3.05) is 0 Å². The number of hydrogen-bond acceptors (Lipinski definition) is 3. The zero-order valence-electron chi connectivity index (χ0n) is 7.35. The van der Waals surface area contributed by atoms with Crippen molar-refractivity contribution >= 4 is 11.7 Å². The number of carboxylic acid groups (broad SMARTS) is 1. The molecule has 6 nitrogen and oxygen atoms in total. The van der Waals surface area contributed by atoms with Crippen LogP contribution in [0.4, 0.5) is 5.69 Å². The number of aryl methyl sites for hydroxylation is 1. The van der Waals surface area contributed by atoms with E-state index >= 15 is 0 Å². The van der Waals surface area contributed by atoms with E-state index in [-0.39, 0.29) is 16.7 Å². The maximum Gasteiger partial charge on any atom is 0.342 e. The predicted molar refractivity (Wildman–Crippen MR) is 48.4 cm³/mol. The van der Waals surface area contributed by atoms with Crippen molar-refractivity contribution in [2.24, 2.45) is 0 Å². The predicted octanol–water partition coefficient (Wildman–Crippen LogP) is 0.777. The van der Waals surface area contributed by atoms with Crippen LogP contribution < -0.4 is 0 Å². The Kier molecular flexibility index (Phi) is 3.73. The maximum absolute atomic E-state index is 10.5. The number of rotatable bonds is 2. The molecule has 0 spiro atoms. The Morgan fingerprint density at radius 2 is 2.07 bits per heavy atom. The monoisotopic (exact) mass is 199 g/mol. The molecule has 0 heterocycles. The van der Waals surface area contributed by atoms with Crippen LogP contribution in [0.5, 0.6) is 0 Å². The second kappa shape index (κ2) is 4.33. The van der Waals surface area contributed by atoms with Gasteiger partial charge in [0, 0.05) is 6.07 Å². The Hall–Kier alpha value is -1.95. The first kappa shape index (κ1) is 12.0. The molecule has 0 saturated carbocycles. The van der Waals surface area contributed by atoms with Gasteiger partial charge in [0.05, 0.1) is 4.92 Å². The van der Waals surface area contributed by atoms with Crippen molar-refractivity contribution < 1.29 is 20.3 Å². The highest BCUT2D eigenvalue weighted by Crippen LogP contribution is 2.19. The van der Waals surface area contributed by atoms with E-state index < -0.39 is 10.9 Å². The van der Waals surface area contributed by atoms with Crippen molar-refractivity contribution in [3.05, 3.63) is 39.4 Å². The third-order valence-electron chi connectivity index (χ3n) is 1.58. The SMILES string of the molecule is Cc1ccc(C(=O)O)c([N+](=O)[O-])c1.O. The molecule has 0 aromatic heterocycles. The molecule has 3 N–H and O–H groups in total. The third-order valence-corrected chi connectivity index (χ3v) is 1.58. The molecule has 0 aliphatic heterocycles. The van der Waals surface area contributed by atoms with Crippen LogP contribution in [0.1, 0.15) is 15.9 Å². The minimum Gasteiger partial charge on any atom is -0.477 e. The van der Waals surface area contributed by atoms with Crippen LogP contribution in [0.15, 0.2) is 18.2 Å². The molecular weight excluding hydrogens is 190 g/mol. The van der Waals surface area contributed by atoms with Crippen molar-refractivity contribution in [3.8, 4) is 0 Å². The van der Waals surface area contributed by atoms with Crippen molar-refractivity contribution in [3.63, 3.8) is 0 Å². The van der Waals surface area contributed by atoms with Gasteiger partial charge in [-0.2, -0.15) is 0 Å². The first-order valence-electron chi connectivity index (χ1n) is 3.50. The van der Waals surface area contributed by atoms with Crippen LogP contribution in [0.2, 0.25) is 0 Å². The zero-order valence-corrected chi connectivity index (χ0v) is 7.35. The van der Waals surface area contributed by atoms with Gasteiger partial charge in [-0.05, 0) is 18.6 Å². The molecule has 0 amide bonds. The van der Waals surface area contributed by atoms with E-state index in [2.05, 4.69) is 0 Å². The van der Waals surface area contributed by atoms with Crippen molar-refractivity contribution in [2.45, 2.75) is 6.92 Å². The van der Waals surface area contributed by atoms with Crippen LogP contribution in [0, 0.1) is 17.0 Å². The van der Waals surface area contributed by atoms with E-state index in [4.69, 9.17) is 5.11 Å². The van der Waals surface area contributed by atoms with Crippen molar-refractivity contribution in [1.29, 1.82) is 0 Å². The Morgan fingerprint density at radius 1 is 1.50 bits per heavy atom. The third kappa shape index (κ3) is 2.27. The van der Waals surface area contributed by atoms with E-state index in [1.165, 1.54) is 18.2 Å². The summed E-state index contributed by atoms with van der Waals surface area (Å²) < 4.78 is 0. The highest BCUT2D eigenvalue weighted by Gasteiger charge is 2.18. The lowest BCUT2D eigenvalue weighted by molar-refractivity contribution is -0.385. The Bertz CT molecular complexity index is 374. The summed E-state index contributed by atoms with van der Waals surface area (Å²) in [7, 11) is 0. The molecule has 1 aromatic rings. The van der Waals surface area contributed by atoms with E-state index in [9.17, 15) is 14.9 Å². The van der Waals surface area contributed by atoms with Gasteiger partial charge in [-0.25, -0.2) is 4.79 Å². The number of carbonyl (C=O) groups is 1. The minimum atomic E-state index is -1.29. The standard InChI is InChI=1S/C8H7NO4.H2O/c1-5-2-3-6(8(10)11)7(4-5)9(12)13;/h2-4H,1H3,(H,10,11);1H2. The summed E-state index contributed by atoms with van der Waals surface area (Å²) in [6.45, 7) is 1.67. The van der Waals surface area contributed by atoms with E-state index in [0.29, 0.717) is 5.56 Å². The number of nitrogens with zero attached hydrogens (tertiary/aromatic N) is 1. The number of hydrogen-bond donors (Lipinski definition) is 1. The average molecular weight is 199 g/mol. The molecule has 0 bridgehead atoms. The minimum absolute atomic E-state index is 0. The number of carboxylic acids is 1. The highest BCUT2D eigenvalue weighted by molar-refractivity contribution is 5.92. The Morgan fingerprint density at radius 3 is 2.50 bits per heavy atom. The molecule has 0 atom stereocenters. The van der Waals surface area contributed by atoms with Gasteiger partial charge >= 0.3 is 5.97 Å². The second-order valence-corrected chi connectivity index (χ2v) is 2.58. The number of benzene rings is 1. The topological polar surface area (TPSA) is 112 Å². The molecule has 0 fully saturated rings. The summed E-state index contributed by atoms with van der Waals surface area (Å²) >= 11 is 0. The van der Waals surface area contributed by atoms with Gasteiger partial charge in [-0.3, -0.25) is 10.1 Å². The Labute approximate surface area is 79.3 Å². The quantitative estimate of drug-likeness (QED) is 0.559. The summed E-state index contributed by atoms with van der Waals surface area (Å²) in [5.41, 5.74) is 0.0137. The zero-order chi connectivity index (χ0) is 10.0. The van der Waals surface area contributed by atoms with Crippen LogP contribution in [0.3, 0.4) is 0 Å². The fourth-order valence-corrected chi connectivity index (χ4v) is 0.974. The number of nitro groups is 1. The van der Waals surface area contributed by atoms with E-state index in [0.717, 1.165) is 0 Å². The van der Waals surface area contributed by atoms with Gasteiger partial charge in [0.25, 0.3) is 5.69 Å². The molecule has 76 valence electrons. The van der Waals surface area contributed by atoms with Gasteiger partial charge in [0.15, 0.2) is 0 Å². The fourth-order valence-electron chi connectivity index (χ4n) is 0.974. The summed E-state index contributed by atoms with van der Waals surface area (Å²) in [4.78, 5) is 20.3. The molecule has 1 rings (SSSR count). The lowest BCUT2D eigenvalue weighted by atomic mass is 10.1. The van der Waals surface area contributed by atoms with Crippen LogP contribution in [-0.4, -0.2) is 21.5 Å². The average Bonchev–Trinajstić information content (AvgIpc) is 2.03. The maximum atomic E-state index is 10.5. The highest BCUT2D eigenvalue weighted by atomic mass is 16.6. The van der Waals surface area contributed by atoms with E-state index in [1.807, 2.05) is 0 Å². The molecule has 0 unspecified atom stereocenters. The van der Waals surface area contributed by atoms with Gasteiger partial charge in [-0.15, -0.1) is 0 Å². The number of aromatic carboxylic acids is 1. The van der Waals surface area contributed by atoms with Gasteiger partial charge in [0.2, 0.25) is 0 Å². The lowest BCUT2D eigenvalue weighted by Gasteiger charge is -1.98. The fraction of sp³-hybridized carbons (Fsp3) is 0.125. The van der Waals surface area contributed by atoms with Crippen LogP contribution in [-0.2, 0) is 0 Å². The summed E-state index contributed by atoms with van der Waals surface area (Å²) in [6, 6.07) is 4.00. The molecule has 6 heteroatoms. The lowest BCUT2D eigenvalue weighted by Crippen LogP contribution is -2.02. The summed E-state index contributed by atoms with van der Waals surface area (Å²) in [5, 5.41) is 19.0. The molecule has 1 aromatic carbocycles. The molecule has 0 aliphatic carbocycles.